The van der Waals surface area contributed by atoms with Gasteiger partial charge in [0.25, 0.3) is 0 Å². The summed E-state index contributed by atoms with van der Waals surface area (Å²) in [4.78, 5) is 14.8. The van der Waals surface area contributed by atoms with E-state index in [9.17, 15) is 4.79 Å². The molecule has 1 atom stereocenters. The number of hydrogen-bond acceptors (Lipinski definition) is 3. The molecular weight excluding hydrogens is 316 g/mol. The van der Waals surface area contributed by atoms with E-state index in [-0.39, 0.29) is 18.6 Å². The summed E-state index contributed by atoms with van der Waals surface area (Å²) in [6.45, 7) is 1.24. The summed E-state index contributed by atoms with van der Waals surface area (Å²) in [5.74, 6) is 0.782. The number of rotatable bonds is 5. The lowest BCUT2D eigenvalue weighted by atomic mass is 10.0. The largest absolute Gasteiger partial charge is 0.489 e. The van der Waals surface area contributed by atoms with Gasteiger partial charge in [0.1, 0.15) is 19.0 Å². The highest BCUT2D eigenvalue weighted by Crippen LogP contribution is 2.25. The molecule has 2 heterocycles. The van der Waals surface area contributed by atoms with Crippen molar-refractivity contribution in [2.45, 2.75) is 19.1 Å². The van der Waals surface area contributed by atoms with E-state index in [0.717, 1.165) is 34.2 Å². The van der Waals surface area contributed by atoms with Crippen LogP contribution in [-0.4, -0.2) is 30.1 Å². The van der Waals surface area contributed by atoms with Crippen molar-refractivity contribution in [1.82, 2.24) is 10.3 Å². The number of fused-ring (bicyclic) bond motifs is 1. The number of hydrogen-bond donors (Lipinski definition) is 2. The van der Waals surface area contributed by atoms with Gasteiger partial charge in [-0.05, 0) is 35.7 Å². The SMILES string of the molecule is O=C1COC[C@H](Cc2c[nH]c3ccc(OCc4ccccc4)cc23)N1. The Kier molecular flexibility index (Phi) is 4.39. The van der Waals surface area contributed by atoms with Gasteiger partial charge >= 0.3 is 0 Å². The van der Waals surface area contributed by atoms with Crippen LogP contribution >= 0.6 is 0 Å². The Bertz CT molecular complexity index is 873. The average Bonchev–Trinajstić information content (AvgIpc) is 3.03. The summed E-state index contributed by atoms with van der Waals surface area (Å²) in [6, 6.07) is 16.2. The number of amides is 1. The molecule has 0 unspecified atom stereocenters. The third-order valence-electron chi connectivity index (χ3n) is 4.37. The van der Waals surface area contributed by atoms with Crippen molar-refractivity contribution in [1.29, 1.82) is 0 Å². The molecular formula is C20H20N2O3. The third-order valence-corrected chi connectivity index (χ3v) is 4.37. The molecule has 0 aliphatic carbocycles. The van der Waals surface area contributed by atoms with E-state index in [1.807, 2.05) is 48.7 Å². The van der Waals surface area contributed by atoms with Gasteiger partial charge in [0.05, 0.1) is 12.6 Å². The first-order chi connectivity index (χ1) is 12.3. The third kappa shape index (κ3) is 3.67. The van der Waals surface area contributed by atoms with Gasteiger partial charge in [-0.3, -0.25) is 4.79 Å². The van der Waals surface area contributed by atoms with E-state index >= 15 is 0 Å². The first kappa shape index (κ1) is 15.7. The molecule has 1 amide bonds. The number of morpholine rings is 1. The molecule has 5 nitrogen and oxygen atoms in total. The minimum atomic E-state index is -0.0528. The predicted octanol–water partition coefficient (Wildman–Crippen LogP) is 2.80. The molecule has 25 heavy (non-hydrogen) atoms. The fourth-order valence-corrected chi connectivity index (χ4v) is 3.14. The zero-order chi connectivity index (χ0) is 17.1. The van der Waals surface area contributed by atoms with Gasteiger partial charge in [0, 0.05) is 17.1 Å². The van der Waals surface area contributed by atoms with Crippen LogP contribution in [0.15, 0.2) is 54.7 Å². The molecule has 4 rings (SSSR count). The van der Waals surface area contributed by atoms with Crippen LogP contribution in [0.5, 0.6) is 5.75 Å². The van der Waals surface area contributed by atoms with Gasteiger partial charge in [0.2, 0.25) is 5.91 Å². The van der Waals surface area contributed by atoms with Crippen LogP contribution in [0.1, 0.15) is 11.1 Å². The minimum absolute atomic E-state index is 0.00847. The normalized spacial score (nSPS) is 17.4. The molecule has 0 saturated carbocycles. The number of nitrogens with one attached hydrogen (secondary N) is 2. The van der Waals surface area contributed by atoms with Crippen molar-refractivity contribution in [2.24, 2.45) is 0 Å². The quantitative estimate of drug-likeness (QED) is 0.753. The van der Waals surface area contributed by atoms with Gasteiger partial charge in [-0.2, -0.15) is 0 Å². The maximum atomic E-state index is 11.5. The van der Waals surface area contributed by atoms with Crippen LogP contribution in [0.2, 0.25) is 0 Å². The topological polar surface area (TPSA) is 63.4 Å². The maximum Gasteiger partial charge on any atom is 0.246 e. The molecule has 1 aliphatic rings. The van der Waals surface area contributed by atoms with Gasteiger partial charge in [-0.25, -0.2) is 0 Å². The van der Waals surface area contributed by atoms with Crippen molar-refractivity contribution in [2.75, 3.05) is 13.2 Å². The Hall–Kier alpha value is -2.79. The number of benzene rings is 2. The highest BCUT2D eigenvalue weighted by molar-refractivity contribution is 5.85. The van der Waals surface area contributed by atoms with Crippen molar-refractivity contribution in [3.8, 4) is 5.75 Å². The Morgan fingerprint density at radius 3 is 2.88 bits per heavy atom. The molecule has 5 heteroatoms. The first-order valence-corrected chi connectivity index (χ1v) is 8.42. The van der Waals surface area contributed by atoms with E-state index in [4.69, 9.17) is 9.47 Å². The zero-order valence-corrected chi connectivity index (χ0v) is 13.8. The van der Waals surface area contributed by atoms with E-state index < -0.39 is 0 Å². The fourth-order valence-electron chi connectivity index (χ4n) is 3.14. The molecule has 0 spiro atoms. The van der Waals surface area contributed by atoms with Crippen molar-refractivity contribution >= 4 is 16.8 Å². The van der Waals surface area contributed by atoms with Gasteiger partial charge < -0.3 is 19.8 Å². The highest BCUT2D eigenvalue weighted by Gasteiger charge is 2.20. The second kappa shape index (κ2) is 6.99. The number of aromatic amines is 1. The Labute approximate surface area is 146 Å². The van der Waals surface area contributed by atoms with E-state index in [2.05, 4.69) is 16.4 Å². The lowest BCUT2D eigenvalue weighted by Crippen LogP contribution is -2.46. The predicted molar refractivity (Wildman–Crippen MR) is 95.5 cm³/mol. The number of aromatic nitrogens is 1. The van der Waals surface area contributed by atoms with Crippen LogP contribution in [0, 0.1) is 0 Å². The molecule has 1 aromatic heterocycles. The molecule has 1 fully saturated rings. The summed E-state index contributed by atoms with van der Waals surface area (Å²) >= 11 is 0. The smallest absolute Gasteiger partial charge is 0.246 e. The summed E-state index contributed by atoms with van der Waals surface area (Å²) in [7, 11) is 0. The lowest BCUT2D eigenvalue weighted by molar-refractivity contribution is -0.131. The molecule has 3 aromatic rings. The van der Waals surface area contributed by atoms with Crippen LogP contribution in [0.4, 0.5) is 0 Å². The average molecular weight is 336 g/mol. The lowest BCUT2D eigenvalue weighted by Gasteiger charge is -2.23. The monoisotopic (exact) mass is 336 g/mol. The summed E-state index contributed by atoms with van der Waals surface area (Å²) in [5, 5.41) is 4.09. The van der Waals surface area contributed by atoms with Gasteiger partial charge in [-0.1, -0.05) is 30.3 Å². The van der Waals surface area contributed by atoms with Crippen LogP contribution in [0.25, 0.3) is 10.9 Å². The van der Waals surface area contributed by atoms with Crippen LogP contribution in [-0.2, 0) is 22.6 Å². The second-order valence-corrected chi connectivity index (χ2v) is 6.28. The van der Waals surface area contributed by atoms with Gasteiger partial charge in [0.15, 0.2) is 0 Å². The van der Waals surface area contributed by atoms with Crippen LogP contribution < -0.4 is 10.1 Å². The summed E-state index contributed by atoms with van der Waals surface area (Å²) in [6.07, 6.45) is 2.72. The number of ether oxygens (including phenoxy) is 2. The van der Waals surface area contributed by atoms with Crippen LogP contribution in [0.3, 0.4) is 0 Å². The second-order valence-electron chi connectivity index (χ2n) is 6.28. The minimum Gasteiger partial charge on any atom is -0.489 e. The van der Waals surface area contributed by atoms with Crippen molar-refractivity contribution in [3.63, 3.8) is 0 Å². The number of H-pyrrole nitrogens is 1. The highest BCUT2D eigenvalue weighted by atomic mass is 16.5. The fraction of sp³-hybridized carbons (Fsp3) is 0.250. The Balaban J connectivity index is 1.50. The molecule has 0 radical (unpaired) electrons. The van der Waals surface area contributed by atoms with Crippen molar-refractivity contribution < 1.29 is 14.3 Å². The molecule has 1 saturated heterocycles. The van der Waals surface area contributed by atoms with E-state index in [1.165, 1.54) is 0 Å². The molecule has 0 bridgehead atoms. The number of carbonyl (C=O) groups excluding carboxylic acids is 1. The first-order valence-electron chi connectivity index (χ1n) is 8.42. The molecule has 2 aromatic carbocycles. The molecule has 2 N–H and O–H groups in total. The molecule has 1 aliphatic heterocycles. The Morgan fingerprint density at radius 2 is 2.04 bits per heavy atom. The van der Waals surface area contributed by atoms with E-state index in [0.29, 0.717) is 13.2 Å². The standard InChI is InChI=1S/C20H20N2O3/c23-20-13-24-12-16(22-20)8-15-10-21-19-7-6-17(9-18(15)19)25-11-14-4-2-1-3-5-14/h1-7,9-10,16,21H,8,11-13H2,(H,22,23)/t16-/m0/s1. The zero-order valence-electron chi connectivity index (χ0n) is 13.8. The van der Waals surface area contributed by atoms with Gasteiger partial charge in [-0.15, -0.1) is 0 Å². The maximum absolute atomic E-state index is 11.5. The Morgan fingerprint density at radius 1 is 1.16 bits per heavy atom. The summed E-state index contributed by atoms with van der Waals surface area (Å²) < 4.78 is 11.2. The number of carbonyl (C=O) groups is 1. The molecule has 128 valence electrons. The van der Waals surface area contributed by atoms with E-state index in [1.54, 1.807) is 0 Å². The summed E-state index contributed by atoms with van der Waals surface area (Å²) in [5.41, 5.74) is 3.35. The van der Waals surface area contributed by atoms with Crippen molar-refractivity contribution in [3.05, 3.63) is 65.9 Å².